The molecule has 0 atom stereocenters. The lowest BCUT2D eigenvalue weighted by atomic mass is 10.1. The molecule has 170 valence electrons. The van der Waals surface area contributed by atoms with Gasteiger partial charge in [0.2, 0.25) is 5.91 Å². The summed E-state index contributed by atoms with van der Waals surface area (Å²) >= 11 is 0. The SMILES string of the molecule is CCOC(=O)CCN1C(=O)c2cc(NC(C)=O)c(OCCOCCN(C)C)cc2C1=O. The molecule has 0 spiro atoms. The minimum Gasteiger partial charge on any atom is -0.489 e. The van der Waals surface area contributed by atoms with Gasteiger partial charge in [-0.1, -0.05) is 0 Å². The number of anilines is 1. The van der Waals surface area contributed by atoms with E-state index in [9.17, 15) is 19.2 Å². The number of likely N-dealkylation sites (N-methyl/N-ethyl adjacent to an activating group) is 1. The number of fused-ring (bicyclic) bond motifs is 1. The zero-order valence-corrected chi connectivity index (χ0v) is 18.4. The third kappa shape index (κ3) is 6.76. The first-order chi connectivity index (χ1) is 14.7. The predicted molar refractivity (Wildman–Crippen MR) is 112 cm³/mol. The molecule has 0 saturated carbocycles. The van der Waals surface area contributed by atoms with E-state index in [-0.39, 0.29) is 54.7 Å². The summed E-state index contributed by atoms with van der Waals surface area (Å²) in [6.45, 7) is 4.99. The quantitative estimate of drug-likeness (QED) is 0.295. The molecule has 0 saturated heterocycles. The van der Waals surface area contributed by atoms with Crippen LogP contribution in [0.4, 0.5) is 5.69 Å². The van der Waals surface area contributed by atoms with Crippen LogP contribution in [-0.2, 0) is 19.1 Å². The number of esters is 1. The Morgan fingerprint density at radius 2 is 1.74 bits per heavy atom. The number of benzene rings is 1. The van der Waals surface area contributed by atoms with Crippen molar-refractivity contribution in [3.63, 3.8) is 0 Å². The van der Waals surface area contributed by atoms with Crippen LogP contribution in [0.3, 0.4) is 0 Å². The lowest BCUT2D eigenvalue weighted by Gasteiger charge is -2.14. The monoisotopic (exact) mass is 435 g/mol. The van der Waals surface area contributed by atoms with Crippen LogP contribution in [0.5, 0.6) is 5.75 Å². The fraction of sp³-hybridized carbons (Fsp3) is 0.524. The van der Waals surface area contributed by atoms with E-state index >= 15 is 0 Å². The van der Waals surface area contributed by atoms with Crippen LogP contribution < -0.4 is 10.1 Å². The Bertz CT molecular complexity index is 839. The highest BCUT2D eigenvalue weighted by atomic mass is 16.5. The van der Waals surface area contributed by atoms with Crippen molar-refractivity contribution in [1.29, 1.82) is 0 Å². The summed E-state index contributed by atoms with van der Waals surface area (Å²) in [5.74, 6) is -1.63. The zero-order valence-electron chi connectivity index (χ0n) is 18.4. The van der Waals surface area contributed by atoms with Crippen molar-refractivity contribution in [3.8, 4) is 5.75 Å². The number of amides is 3. The van der Waals surface area contributed by atoms with Crippen LogP contribution in [0.1, 0.15) is 41.0 Å². The number of hydrogen-bond acceptors (Lipinski definition) is 8. The first-order valence-electron chi connectivity index (χ1n) is 10.1. The van der Waals surface area contributed by atoms with Gasteiger partial charge in [0.25, 0.3) is 11.8 Å². The van der Waals surface area contributed by atoms with Crippen LogP contribution in [-0.4, -0.2) is 87.1 Å². The number of nitrogens with one attached hydrogen (secondary N) is 1. The van der Waals surface area contributed by atoms with E-state index in [1.165, 1.54) is 19.1 Å². The molecule has 0 aliphatic carbocycles. The van der Waals surface area contributed by atoms with Crippen molar-refractivity contribution >= 4 is 29.4 Å². The van der Waals surface area contributed by atoms with Gasteiger partial charge < -0.3 is 24.4 Å². The van der Waals surface area contributed by atoms with Gasteiger partial charge in [-0.2, -0.15) is 0 Å². The molecule has 0 unspecified atom stereocenters. The maximum Gasteiger partial charge on any atom is 0.307 e. The molecule has 1 heterocycles. The molecule has 0 fully saturated rings. The van der Waals surface area contributed by atoms with Gasteiger partial charge in [-0.25, -0.2) is 0 Å². The highest BCUT2D eigenvalue weighted by molar-refractivity contribution is 6.22. The Labute approximate surface area is 181 Å². The van der Waals surface area contributed by atoms with E-state index in [1.807, 2.05) is 19.0 Å². The Balaban J connectivity index is 2.11. The largest absolute Gasteiger partial charge is 0.489 e. The Morgan fingerprint density at radius 3 is 2.35 bits per heavy atom. The van der Waals surface area contributed by atoms with Crippen molar-refractivity contribution in [1.82, 2.24) is 9.80 Å². The molecule has 31 heavy (non-hydrogen) atoms. The standard InChI is InChI=1S/C21H29N3O7/c1-5-30-19(26)6-7-24-20(27)15-12-17(22-14(2)25)18(13-16(15)21(24)28)31-11-10-29-9-8-23(3)4/h12-13H,5-11H2,1-4H3,(H,22,25). The first kappa shape index (κ1) is 24.3. The summed E-state index contributed by atoms with van der Waals surface area (Å²) in [7, 11) is 3.89. The Morgan fingerprint density at radius 1 is 1.06 bits per heavy atom. The molecule has 2 rings (SSSR count). The summed E-state index contributed by atoms with van der Waals surface area (Å²) in [6.07, 6.45) is -0.0918. The summed E-state index contributed by atoms with van der Waals surface area (Å²) < 4.78 is 16.0. The van der Waals surface area contributed by atoms with E-state index in [2.05, 4.69) is 5.32 Å². The molecule has 0 aromatic heterocycles. The molecule has 1 aromatic rings. The van der Waals surface area contributed by atoms with Crippen molar-refractivity contribution in [3.05, 3.63) is 23.3 Å². The lowest BCUT2D eigenvalue weighted by molar-refractivity contribution is -0.143. The van der Waals surface area contributed by atoms with Gasteiger partial charge >= 0.3 is 5.97 Å². The van der Waals surface area contributed by atoms with E-state index < -0.39 is 17.8 Å². The van der Waals surface area contributed by atoms with Gasteiger partial charge in [0.1, 0.15) is 12.4 Å². The number of ether oxygens (including phenoxy) is 3. The highest BCUT2D eigenvalue weighted by Crippen LogP contribution is 2.34. The average molecular weight is 435 g/mol. The molecule has 0 bridgehead atoms. The van der Waals surface area contributed by atoms with Crippen LogP contribution in [0, 0.1) is 0 Å². The molecule has 10 nitrogen and oxygen atoms in total. The molecular weight excluding hydrogens is 406 g/mol. The van der Waals surface area contributed by atoms with E-state index in [1.54, 1.807) is 6.92 Å². The molecule has 1 N–H and O–H groups in total. The maximum absolute atomic E-state index is 12.7. The number of nitrogens with zero attached hydrogens (tertiary/aromatic N) is 2. The summed E-state index contributed by atoms with van der Waals surface area (Å²) in [6, 6.07) is 2.86. The van der Waals surface area contributed by atoms with Crippen molar-refractivity contribution in [2.24, 2.45) is 0 Å². The minimum atomic E-state index is -0.533. The van der Waals surface area contributed by atoms with Crippen LogP contribution in [0.15, 0.2) is 12.1 Å². The van der Waals surface area contributed by atoms with E-state index in [4.69, 9.17) is 14.2 Å². The molecule has 1 aromatic carbocycles. The molecule has 1 aliphatic heterocycles. The van der Waals surface area contributed by atoms with Crippen molar-refractivity contribution in [2.45, 2.75) is 20.3 Å². The highest BCUT2D eigenvalue weighted by Gasteiger charge is 2.37. The van der Waals surface area contributed by atoms with Gasteiger partial charge in [0.05, 0.1) is 43.1 Å². The molecule has 0 radical (unpaired) electrons. The van der Waals surface area contributed by atoms with Crippen molar-refractivity contribution in [2.75, 3.05) is 58.9 Å². The number of hydrogen-bond donors (Lipinski definition) is 1. The second-order valence-electron chi connectivity index (χ2n) is 7.16. The van der Waals surface area contributed by atoms with Gasteiger partial charge in [-0.15, -0.1) is 0 Å². The van der Waals surface area contributed by atoms with Crippen molar-refractivity contribution < 1.29 is 33.4 Å². The summed E-state index contributed by atoms with van der Waals surface area (Å²) in [4.78, 5) is 51.6. The molecule has 1 aliphatic rings. The number of carbonyl (C=O) groups is 4. The smallest absolute Gasteiger partial charge is 0.307 e. The lowest BCUT2D eigenvalue weighted by Crippen LogP contribution is -2.32. The average Bonchev–Trinajstić information content (AvgIpc) is 2.92. The molecular formula is C21H29N3O7. The summed E-state index contributed by atoms with van der Waals surface area (Å²) in [5.41, 5.74) is 0.589. The number of carbonyl (C=O) groups excluding carboxylic acids is 4. The van der Waals surface area contributed by atoms with Crippen LogP contribution >= 0.6 is 0 Å². The fourth-order valence-corrected chi connectivity index (χ4v) is 2.92. The topological polar surface area (TPSA) is 114 Å². The normalized spacial score (nSPS) is 12.9. The third-order valence-corrected chi connectivity index (χ3v) is 4.39. The van der Waals surface area contributed by atoms with Gasteiger partial charge in [-0.3, -0.25) is 24.1 Å². The Kier molecular flexibility index (Phi) is 8.95. The zero-order chi connectivity index (χ0) is 23.0. The van der Waals surface area contributed by atoms with Gasteiger partial charge in [0, 0.05) is 20.0 Å². The van der Waals surface area contributed by atoms with E-state index in [0.29, 0.717) is 13.2 Å². The number of imide groups is 1. The summed E-state index contributed by atoms with van der Waals surface area (Å²) in [5, 5.41) is 2.62. The van der Waals surface area contributed by atoms with E-state index in [0.717, 1.165) is 11.4 Å². The maximum atomic E-state index is 12.7. The van der Waals surface area contributed by atoms with Gasteiger partial charge in [0.15, 0.2) is 0 Å². The molecule has 3 amide bonds. The predicted octanol–water partition coefficient (Wildman–Crippen LogP) is 1.15. The minimum absolute atomic E-state index is 0.0868. The van der Waals surface area contributed by atoms with Gasteiger partial charge in [-0.05, 0) is 33.2 Å². The second kappa shape index (κ2) is 11.4. The second-order valence-corrected chi connectivity index (χ2v) is 7.16. The van der Waals surface area contributed by atoms with Crippen LogP contribution in [0.2, 0.25) is 0 Å². The Hall–Kier alpha value is -2.98. The van der Waals surface area contributed by atoms with Crippen LogP contribution in [0.25, 0.3) is 0 Å². The number of rotatable bonds is 12. The first-order valence-corrected chi connectivity index (χ1v) is 10.1. The third-order valence-electron chi connectivity index (χ3n) is 4.39. The molecule has 10 heteroatoms. The fourth-order valence-electron chi connectivity index (χ4n) is 2.92.